The first-order valence-electron chi connectivity index (χ1n) is 10.5. The van der Waals surface area contributed by atoms with E-state index in [0.29, 0.717) is 37.4 Å². The lowest BCUT2D eigenvalue weighted by Crippen LogP contribution is -2.42. The van der Waals surface area contributed by atoms with Crippen LogP contribution in [-0.2, 0) is 14.3 Å². The molecule has 0 unspecified atom stereocenters. The van der Waals surface area contributed by atoms with E-state index in [0.717, 1.165) is 13.1 Å². The highest BCUT2D eigenvalue weighted by Gasteiger charge is 2.46. The number of phenols is 1. The summed E-state index contributed by atoms with van der Waals surface area (Å²) in [6.07, 6.45) is 0. The van der Waals surface area contributed by atoms with Crippen LogP contribution in [0.1, 0.15) is 17.2 Å². The van der Waals surface area contributed by atoms with E-state index in [1.54, 1.807) is 42.5 Å². The fourth-order valence-corrected chi connectivity index (χ4v) is 4.15. The van der Waals surface area contributed by atoms with Gasteiger partial charge in [0.1, 0.15) is 5.76 Å². The van der Waals surface area contributed by atoms with Crippen molar-refractivity contribution in [2.24, 2.45) is 0 Å². The van der Waals surface area contributed by atoms with Crippen LogP contribution in [0.2, 0.25) is 0 Å². The fraction of sp³-hybridized carbons (Fsp3) is 0.333. The zero-order chi connectivity index (χ0) is 22.7. The normalized spacial score (nSPS) is 21.2. The van der Waals surface area contributed by atoms with Crippen molar-refractivity contribution in [1.29, 1.82) is 0 Å². The zero-order valence-corrected chi connectivity index (χ0v) is 17.9. The molecule has 0 bridgehead atoms. The molecule has 0 aromatic heterocycles. The molecule has 8 nitrogen and oxygen atoms in total. The average Bonchev–Trinajstić information content (AvgIpc) is 3.08. The van der Waals surface area contributed by atoms with E-state index in [1.807, 2.05) is 0 Å². The van der Waals surface area contributed by atoms with Gasteiger partial charge in [0.15, 0.2) is 11.5 Å². The van der Waals surface area contributed by atoms with Crippen molar-refractivity contribution in [3.63, 3.8) is 0 Å². The number of methoxy groups -OCH3 is 1. The molecule has 0 spiro atoms. The molecule has 1 amide bonds. The van der Waals surface area contributed by atoms with E-state index in [4.69, 9.17) is 9.47 Å². The minimum Gasteiger partial charge on any atom is -0.507 e. The number of carbonyl (C=O) groups excluding carboxylic acids is 2. The Balaban J connectivity index is 1.76. The van der Waals surface area contributed by atoms with Crippen molar-refractivity contribution in [3.05, 3.63) is 65.2 Å². The molecule has 2 fully saturated rings. The van der Waals surface area contributed by atoms with Gasteiger partial charge in [0.2, 0.25) is 0 Å². The number of benzene rings is 2. The molecule has 4 rings (SSSR count). The lowest BCUT2D eigenvalue weighted by molar-refractivity contribution is -0.140. The van der Waals surface area contributed by atoms with Crippen LogP contribution in [0.3, 0.4) is 0 Å². The first kappa shape index (κ1) is 21.9. The topological polar surface area (TPSA) is 99.5 Å². The average molecular weight is 438 g/mol. The maximum Gasteiger partial charge on any atom is 0.295 e. The van der Waals surface area contributed by atoms with Crippen LogP contribution in [0.4, 0.5) is 0 Å². The fourth-order valence-electron chi connectivity index (χ4n) is 4.15. The van der Waals surface area contributed by atoms with Crippen molar-refractivity contribution < 1.29 is 29.3 Å². The molecular formula is C24H26N2O6. The van der Waals surface area contributed by atoms with Gasteiger partial charge in [-0.3, -0.25) is 14.5 Å². The number of amides is 1. The third kappa shape index (κ3) is 4.19. The van der Waals surface area contributed by atoms with Gasteiger partial charge in [-0.2, -0.15) is 0 Å². The number of likely N-dealkylation sites (tertiary alicyclic amines) is 1. The Kier molecular flexibility index (Phi) is 6.43. The molecule has 2 N–H and O–H groups in total. The standard InChI is InChI=1S/C24H26N2O6/c1-31-19-15-17(7-8-18(19)27)21-20(22(28)16-5-3-2-4-6-16)23(29)24(30)26(21)10-9-25-11-13-32-14-12-25/h2-8,15,21,27-28H,9-14H2,1H3/t21-/m0/s1. The molecule has 32 heavy (non-hydrogen) atoms. The minimum absolute atomic E-state index is 0.0240. The monoisotopic (exact) mass is 438 g/mol. The van der Waals surface area contributed by atoms with Gasteiger partial charge in [-0.1, -0.05) is 36.4 Å². The molecule has 2 aromatic rings. The van der Waals surface area contributed by atoms with Gasteiger partial charge in [-0.05, 0) is 17.7 Å². The van der Waals surface area contributed by atoms with Crippen molar-refractivity contribution in [1.82, 2.24) is 9.80 Å². The Hall–Kier alpha value is -3.36. The quantitative estimate of drug-likeness (QED) is 0.405. The third-order valence-corrected chi connectivity index (χ3v) is 5.87. The predicted octanol–water partition coefficient (Wildman–Crippen LogP) is 2.15. The number of carbonyl (C=O) groups is 2. The number of morpholine rings is 1. The van der Waals surface area contributed by atoms with Crippen LogP contribution in [-0.4, -0.2) is 78.2 Å². The molecule has 2 aliphatic rings. The summed E-state index contributed by atoms with van der Waals surface area (Å²) in [7, 11) is 1.43. The number of ketones is 1. The van der Waals surface area contributed by atoms with E-state index in [2.05, 4.69) is 4.90 Å². The van der Waals surface area contributed by atoms with E-state index in [-0.39, 0.29) is 22.8 Å². The van der Waals surface area contributed by atoms with Crippen LogP contribution in [0, 0.1) is 0 Å². The highest BCUT2D eigenvalue weighted by atomic mass is 16.5. The number of nitrogens with zero attached hydrogens (tertiary/aromatic N) is 2. The summed E-state index contributed by atoms with van der Waals surface area (Å²) in [4.78, 5) is 29.8. The Morgan fingerprint density at radius 2 is 1.81 bits per heavy atom. The Morgan fingerprint density at radius 3 is 2.50 bits per heavy atom. The minimum atomic E-state index is -0.800. The Bertz CT molecular complexity index is 1030. The van der Waals surface area contributed by atoms with Gasteiger partial charge in [0, 0.05) is 31.7 Å². The van der Waals surface area contributed by atoms with Gasteiger partial charge < -0.3 is 24.6 Å². The van der Waals surface area contributed by atoms with Gasteiger partial charge in [-0.25, -0.2) is 0 Å². The number of aliphatic hydroxyl groups is 1. The number of aliphatic hydroxyl groups excluding tert-OH is 1. The van der Waals surface area contributed by atoms with Crippen LogP contribution in [0.15, 0.2) is 54.1 Å². The van der Waals surface area contributed by atoms with Gasteiger partial charge in [0.25, 0.3) is 11.7 Å². The van der Waals surface area contributed by atoms with E-state index in [9.17, 15) is 19.8 Å². The van der Waals surface area contributed by atoms with Crippen molar-refractivity contribution in [2.45, 2.75) is 6.04 Å². The largest absolute Gasteiger partial charge is 0.507 e. The zero-order valence-electron chi connectivity index (χ0n) is 17.9. The number of Topliss-reactive ketones (excluding diaryl/α,β-unsaturated/α-hetero) is 1. The van der Waals surface area contributed by atoms with Gasteiger partial charge in [-0.15, -0.1) is 0 Å². The first-order chi connectivity index (χ1) is 15.5. The molecule has 0 radical (unpaired) electrons. The number of phenolic OH excluding ortho intramolecular Hbond substituents is 1. The number of rotatable bonds is 6. The summed E-state index contributed by atoms with van der Waals surface area (Å²) in [5, 5.41) is 21.1. The lowest BCUT2D eigenvalue weighted by Gasteiger charge is -2.31. The lowest BCUT2D eigenvalue weighted by atomic mass is 9.95. The van der Waals surface area contributed by atoms with Crippen LogP contribution in [0.25, 0.3) is 5.76 Å². The first-order valence-corrected chi connectivity index (χ1v) is 10.5. The molecule has 2 heterocycles. The van der Waals surface area contributed by atoms with Crippen molar-refractivity contribution in [2.75, 3.05) is 46.5 Å². The summed E-state index contributed by atoms with van der Waals surface area (Å²) in [6.45, 7) is 3.66. The summed E-state index contributed by atoms with van der Waals surface area (Å²) >= 11 is 0. The summed E-state index contributed by atoms with van der Waals surface area (Å²) in [5.74, 6) is -1.45. The van der Waals surface area contributed by atoms with Gasteiger partial charge >= 0.3 is 0 Å². The smallest absolute Gasteiger partial charge is 0.295 e. The SMILES string of the molecule is COc1cc([C@H]2C(=C(O)c3ccccc3)C(=O)C(=O)N2CCN2CCOCC2)ccc1O. The molecule has 1 atom stereocenters. The maximum atomic E-state index is 13.1. The molecule has 8 heteroatoms. The molecule has 2 aromatic carbocycles. The van der Waals surface area contributed by atoms with E-state index < -0.39 is 17.7 Å². The number of hydrogen-bond donors (Lipinski definition) is 2. The number of ether oxygens (including phenoxy) is 2. The molecule has 2 saturated heterocycles. The third-order valence-electron chi connectivity index (χ3n) is 5.87. The highest BCUT2D eigenvalue weighted by Crippen LogP contribution is 2.41. The molecule has 0 aliphatic carbocycles. The maximum absolute atomic E-state index is 13.1. The van der Waals surface area contributed by atoms with Crippen LogP contribution < -0.4 is 4.74 Å². The number of aromatic hydroxyl groups is 1. The summed E-state index contributed by atoms with van der Waals surface area (Å²) in [5.41, 5.74) is 1.05. The highest BCUT2D eigenvalue weighted by molar-refractivity contribution is 6.46. The van der Waals surface area contributed by atoms with E-state index >= 15 is 0 Å². The van der Waals surface area contributed by atoms with Crippen molar-refractivity contribution in [3.8, 4) is 11.5 Å². The summed E-state index contributed by atoms with van der Waals surface area (Å²) in [6, 6.07) is 12.6. The molecular weight excluding hydrogens is 412 g/mol. The number of hydrogen-bond acceptors (Lipinski definition) is 7. The second-order valence-electron chi connectivity index (χ2n) is 7.74. The molecule has 2 aliphatic heterocycles. The molecule has 0 saturated carbocycles. The van der Waals surface area contributed by atoms with Crippen LogP contribution in [0.5, 0.6) is 11.5 Å². The second kappa shape index (κ2) is 9.42. The molecule has 168 valence electrons. The summed E-state index contributed by atoms with van der Waals surface area (Å²) < 4.78 is 10.6. The predicted molar refractivity (Wildman–Crippen MR) is 117 cm³/mol. The van der Waals surface area contributed by atoms with E-state index in [1.165, 1.54) is 18.1 Å². The van der Waals surface area contributed by atoms with Crippen molar-refractivity contribution >= 4 is 17.4 Å². The Labute approximate surface area is 186 Å². The second-order valence-corrected chi connectivity index (χ2v) is 7.74. The van der Waals surface area contributed by atoms with Crippen LogP contribution >= 0.6 is 0 Å². The van der Waals surface area contributed by atoms with Gasteiger partial charge in [0.05, 0.1) is 31.9 Å². The Morgan fingerprint density at radius 1 is 1.09 bits per heavy atom.